The molecule has 0 spiro atoms. The maximum Gasteiger partial charge on any atom is 0.260 e. The summed E-state index contributed by atoms with van der Waals surface area (Å²) in [7, 11) is 1.56. The Balaban J connectivity index is 2.94. The summed E-state index contributed by atoms with van der Waals surface area (Å²) in [6.45, 7) is 5.29. The van der Waals surface area contributed by atoms with Crippen LogP contribution in [0.4, 0.5) is 0 Å². The van der Waals surface area contributed by atoms with Gasteiger partial charge in [-0.1, -0.05) is 11.6 Å². The standard InChI is InChI=1S/C13H19NO3/c1-8-5-6-12(11(7-8)9(2)15)17-10(3)13(16)14-4/h5-7,9-10,15H,1-4H3,(H,14,16)/t9-,10?/m0/s1. The van der Waals surface area contributed by atoms with Crippen molar-refractivity contribution in [2.24, 2.45) is 0 Å². The van der Waals surface area contributed by atoms with Crippen LogP contribution in [0.2, 0.25) is 0 Å². The van der Waals surface area contributed by atoms with Crippen LogP contribution < -0.4 is 10.1 Å². The zero-order chi connectivity index (χ0) is 13.0. The number of ether oxygens (including phenoxy) is 1. The molecular formula is C13H19NO3. The lowest BCUT2D eigenvalue weighted by molar-refractivity contribution is -0.126. The van der Waals surface area contributed by atoms with E-state index in [0.717, 1.165) is 5.56 Å². The number of aliphatic hydroxyl groups is 1. The Kier molecular flexibility index (Phi) is 4.52. The first-order chi connectivity index (χ1) is 7.95. The van der Waals surface area contributed by atoms with Crippen LogP contribution in [0.25, 0.3) is 0 Å². The fraction of sp³-hybridized carbons (Fsp3) is 0.462. The van der Waals surface area contributed by atoms with Crippen molar-refractivity contribution in [1.29, 1.82) is 0 Å². The SMILES string of the molecule is CNC(=O)C(C)Oc1ccc(C)cc1[C@H](C)O. The number of amides is 1. The molecule has 0 saturated heterocycles. The molecule has 2 atom stereocenters. The smallest absolute Gasteiger partial charge is 0.260 e. The van der Waals surface area contributed by atoms with Gasteiger partial charge in [0, 0.05) is 12.6 Å². The predicted molar refractivity (Wildman–Crippen MR) is 66.0 cm³/mol. The number of nitrogens with one attached hydrogen (secondary N) is 1. The number of carbonyl (C=O) groups excluding carboxylic acids is 1. The molecule has 0 fully saturated rings. The summed E-state index contributed by atoms with van der Waals surface area (Å²) >= 11 is 0. The van der Waals surface area contributed by atoms with Gasteiger partial charge in [-0.25, -0.2) is 0 Å². The van der Waals surface area contributed by atoms with E-state index in [0.29, 0.717) is 11.3 Å². The number of hydrogen-bond donors (Lipinski definition) is 2. The molecule has 1 rings (SSSR count). The Bertz CT molecular complexity index is 402. The van der Waals surface area contributed by atoms with E-state index in [2.05, 4.69) is 5.32 Å². The first-order valence-electron chi connectivity index (χ1n) is 5.62. The van der Waals surface area contributed by atoms with Crippen LogP contribution in [0.3, 0.4) is 0 Å². The molecule has 0 bridgehead atoms. The van der Waals surface area contributed by atoms with Gasteiger partial charge in [-0.2, -0.15) is 0 Å². The summed E-state index contributed by atoms with van der Waals surface area (Å²) in [5, 5.41) is 12.2. The molecule has 17 heavy (non-hydrogen) atoms. The number of rotatable bonds is 4. The molecule has 1 aromatic carbocycles. The summed E-state index contributed by atoms with van der Waals surface area (Å²) < 4.78 is 5.54. The van der Waals surface area contributed by atoms with E-state index >= 15 is 0 Å². The van der Waals surface area contributed by atoms with Crippen molar-refractivity contribution in [3.05, 3.63) is 29.3 Å². The van der Waals surface area contributed by atoms with E-state index in [9.17, 15) is 9.90 Å². The summed E-state index contributed by atoms with van der Waals surface area (Å²) in [5.74, 6) is 0.351. The van der Waals surface area contributed by atoms with Crippen LogP contribution >= 0.6 is 0 Å². The van der Waals surface area contributed by atoms with Gasteiger partial charge in [-0.3, -0.25) is 4.79 Å². The van der Waals surface area contributed by atoms with Gasteiger partial charge in [0.1, 0.15) is 5.75 Å². The number of aliphatic hydroxyl groups excluding tert-OH is 1. The lowest BCUT2D eigenvalue weighted by Gasteiger charge is -2.18. The normalized spacial score (nSPS) is 13.9. The molecule has 1 aromatic rings. The second kappa shape index (κ2) is 5.68. The highest BCUT2D eigenvalue weighted by Gasteiger charge is 2.16. The van der Waals surface area contributed by atoms with Crippen molar-refractivity contribution in [2.75, 3.05) is 7.05 Å². The molecule has 0 saturated carbocycles. The molecule has 94 valence electrons. The minimum atomic E-state index is -0.623. The minimum absolute atomic E-state index is 0.192. The third kappa shape index (κ3) is 3.46. The fourth-order valence-electron chi connectivity index (χ4n) is 1.55. The number of likely N-dealkylation sites (N-methyl/N-ethyl adjacent to an activating group) is 1. The van der Waals surface area contributed by atoms with Gasteiger partial charge in [0.15, 0.2) is 6.10 Å². The Morgan fingerprint density at radius 3 is 2.59 bits per heavy atom. The van der Waals surface area contributed by atoms with Crippen LogP contribution in [0.1, 0.15) is 31.1 Å². The van der Waals surface area contributed by atoms with E-state index in [1.54, 1.807) is 27.0 Å². The summed E-state index contributed by atoms with van der Waals surface area (Å²) in [5.41, 5.74) is 1.74. The van der Waals surface area contributed by atoms with Crippen molar-refractivity contribution < 1.29 is 14.6 Å². The Hall–Kier alpha value is -1.55. The lowest BCUT2D eigenvalue weighted by atomic mass is 10.1. The van der Waals surface area contributed by atoms with Crippen molar-refractivity contribution in [1.82, 2.24) is 5.32 Å². The van der Waals surface area contributed by atoms with Crippen molar-refractivity contribution >= 4 is 5.91 Å². The second-order valence-corrected chi connectivity index (χ2v) is 4.09. The van der Waals surface area contributed by atoms with Gasteiger partial charge >= 0.3 is 0 Å². The maximum absolute atomic E-state index is 11.4. The van der Waals surface area contributed by atoms with E-state index in [4.69, 9.17) is 4.74 Å². The molecule has 4 nitrogen and oxygen atoms in total. The quantitative estimate of drug-likeness (QED) is 0.835. The second-order valence-electron chi connectivity index (χ2n) is 4.09. The van der Waals surface area contributed by atoms with Crippen LogP contribution in [0, 0.1) is 6.92 Å². The van der Waals surface area contributed by atoms with Gasteiger partial charge in [0.2, 0.25) is 0 Å². The Morgan fingerprint density at radius 1 is 1.41 bits per heavy atom. The molecule has 0 aliphatic rings. The molecule has 1 amide bonds. The van der Waals surface area contributed by atoms with E-state index in [-0.39, 0.29) is 5.91 Å². The van der Waals surface area contributed by atoms with Crippen LogP contribution in [-0.2, 0) is 4.79 Å². The topological polar surface area (TPSA) is 58.6 Å². The van der Waals surface area contributed by atoms with Gasteiger partial charge < -0.3 is 15.2 Å². The highest BCUT2D eigenvalue weighted by atomic mass is 16.5. The number of carbonyl (C=O) groups is 1. The maximum atomic E-state index is 11.4. The van der Waals surface area contributed by atoms with Gasteiger partial charge in [0.05, 0.1) is 6.10 Å². The molecule has 0 aliphatic heterocycles. The van der Waals surface area contributed by atoms with Crippen LogP contribution in [-0.4, -0.2) is 24.2 Å². The number of benzene rings is 1. The van der Waals surface area contributed by atoms with Crippen molar-refractivity contribution in [2.45, 2.75) is 33.0 Å². The molecule has 0 heterocycles. The first kappa shape index (κ1) is 13.5. The largest absolute Gasteiger partial charge is 0.481 e. The third-order valence-electron chi connectivity index (χ3n) is 2.53. The minimum Gasteiger partial charge on any atom is -0.481 e. The molecule has 0 radical (unpaired) electrons. The number of hydrogen-bond acceptors (Lipinski definition) is 3. The number of aryl methyl sites for hydroxylation is 1. The van der Waals surface area contributed by atoms with Crippen molar-refractivity contribution in [3.63, 3.8) is 0 Å². The molecule has 0 aliphatic carbocycles. The lowest BCUT2D eigenvalue weighted by Crippen LogP contribution is -2.34. The Morgan fingerprint density at radius 2 is 2.06 bits per heavy atom. The molecular weight excluding hydrogens is 218 g/mol. The van der Waals surface area contributed by atoms with Crippen LogP contribution in [0.5, 0.6) is 5.75 Å². The molecule has 0 aromatic heterocycles. The van der Waals surface area contributed by atoms with E-state index in [1.165, 1.54) is 0 Å². The average Bonchev–Trinajstić information content (AvgIpc) is 2.29. The molecule has 1 unspecified atom stereocenters. The predicted octanol–water partition coefficient (Wildman–Crippen LogP) is 1.56. The summed E-state index contributed by atoms with van der Waals surface area (Å²) in [6, 6.07) is 5.52. The first-order valence-corrected chi connectivity index (χ1v) is 5.62. The summed E-state index contributed by atoms with van der Waals surface area (Å²) in [4.78, 5) is 11.4. The Labute approximate surface area is 102 Å². The van der Waals surface area contributed by atoms with Gasteiger partial charge in [-0.15, -0.1) is 0 Å². The highest BCUT2D eigenvalue weighted by molar-refractivity contribution is 5.80. The summed E-state index contributed by atoms with van der Waals surface area (Å²) in [6.07, 6.45) is -1.21. The fourth-order valence-corrected chi connectivity index (χ4v) is 1.55. The molecule has 2 N–H and O–H groups in total. The average molecular weight is 237 g/mol. The van der Waals surface area contributed by atoms with E-state index in [1.807, 2.05) is 19.1 Å². The van der Waals surface area contributed by atoms with E-state index < -0.39 is 12.2 Å². The van der Waals surface area contributed by atoms with Crippen molar-refractivity contribution in [3.8, 4) is 5.75 Å². The zero-order valence-electron chi connectivity index (χ0n) is 10.7. The monoisotopic (exact) mass is 237 g/mol. The third-order valence-corrected chi connectivity index (χ3v) is 2.53. The zero-order valence-corrected chi connectivity index (χ0v) is 10.7. The van der Waals surface area contributed by atoms with Gasteiger partial charge in [-0.05, 0) is 32.9 Å². The van der Waals surface area contributed by atoms with Crippen LogP contribution in [0.15, 0.2) is 18.2 Å². The van der Waals surface area contributed by atoms with Gasteiger partial charge in [0.25, 0.3) is 5.91 Å². The highest BCUT2D eigenvalue weighted by Crippen LogP contribution is 2.27. The molecule has 4 heteroatoms.